The average Bonchev–Trinajstić information content (AvgIpc) is 3.46. The maximum Gasteiger partial charge on any atom is 0.274 e. The van der Waals surface area contributed by atoms with Crippen LogP contribution in [0, 0.1) is 0 Å². The third-order valence-electron chi connectivity index (χ3n) is 7.39. The Balaban J connectivity index is 1.30. The number of morpholine rings is 1. The third-order valence-corrected chi connectivity index (χ3v) is 7.39. The standard InChI is InChI=1S/C27H30N4O2/c32-27(29-12-14-33-15-13-29)26-24-19-30(23-16-21-8-4-5-9-22(21)17-23)11-10-25(24)31(28-26)18-20-6-2-1-3-7-20/h1-9,23H,10-19H2. The molecule has 3 aromatic rings. The Kier molecular flexibility index (Phi) is 5.48. The van der Waals surface area contributed by atoms with E-state index in [1.165, 1.54) is 22.4 Å². The first kappa shape index (κ1) is 20.6. The summed E-state index contributed by atoms with van der Waals surface area (Å²) in [6, 6.07) is 19.7. The van der Waals surface area contributed by atoms with E-state index in [-0.39, 0.29) is 5.91 Å². The van der Waals surface area contributed by atoms with Gasteiger partial charge in [0.1, 0.15) is 0 Å². The minimum absolute atomic E-state index is 0.0536. The van der Waals surface area contributed by atoms with E-state index in [9.17, 15) is 4.79 Å². The SMILES string of the molecule is O=C(c1nn(Cc2ccccc2)c2c1CN(C1Cc3ccccc3C1)CC2)N1CCOCC1. The molecule has 1 amide bonds. The topological polar surface area (TPSA) is 50.6 Å². The lowest BCUT2D eigenvalue weighted by atomic mass is 10.0. The summed E-state index contributed by atoms with van der Waals surface area (Å²) in [5.41, 5.74) is 7.15. The van der Waals surface area contributed by atoms with Crippen molar-refractivity contribution in [2.45, 2.75) is 38.4 Å². The Morgan fingerprint density at radius 2 is 1.64 bits per heavy atom. The molecule has 1 aliphatic carbocycles. The van der Waals surface area contributed by atoms with Crippen LogP contribution in [-0.4, -0.2) is 64.4 Å². The van der Waals surface area contributed by atoms with E-state index in [1.54, 1.807) is 0 Å². The quantitative estimate of drug-likeness (QED) is 0.624. The van der Waals surface area contributed by atoms with Gasteiger partial charge in [0.2, 0.25) is 0 Å². The van der Waals surface area contributed by atoms with E-state index < -0.39 is 0 Å². The van der Waals surface area contributed by atoms with Crippen molar-refractivity contribution in [3.63, 3.8) is 0 Å². The molecule has 33 heavy (non-hydrogen) atoms. The van der Waals surface area contributed by atoms with Crippen molar-refractivity contribution in [1.82, 2.24) is 19.6 Å². The van der Waals surface area contributed by atoms with Crippen LogP contribution >= 0.6 is 0 Å². The monoisotopic (exact) mass is 442 g/mol. The number of carbonyl (C=O) groups is 1. The van der Waals surface area contributed by atoms with E-state index in [0.29, 0.717) is 44.6 Å². The van der Waals surface area contributed by atoms with Crippen molar-refractivity contribution in [2.75, 3.05) is 32.8 Å². The minimum atomic E-state index is 0.0536. The Bertz CT molecular complexity index is 1130. The van der Waals surface area contributed by atoms with Crippen LogP contribution < -0.4 is 0 Å². The molecule has 2 aromatic carbocycles. The Hall–Kier alpha value is -2.96. The van der Waals surface area contributed by atoms with Gasteiger partial charge >= 0.3 is 0 Å². The van der Waals surface area contributed by atoms with Crippen LogP contribution in [0.1, 0.15) is 38.4 Å². The van der Waals surface area contributed by atoms with Crippen LogP contribution in [0.3, 0.4) is 0 Å². The summed E-state index contributed by atoms with van der Waals surface area (Å²) >= 11 is 0. The number of benzene rings is 2. The highest BCUT2D eigenvalue weighted by atomic mass is 16.5. The third kappa shape index (κ3) is 3.98. The summed E-state index contributed by atoms with van der Waals surface area (Å²) in [5, 5.41) is 4.92. The van der Waals surface area contributed by atoms with Gasteiger partial charge in [-0.25, -0.2) is 0 Å². The Morgan fingerprint density at radius 3 is 2.36 bits per heavy atom. The fraction of sp³-hybridized carbons (Fsp3) is 0.407. The molecule has 6 heteroatoms. The first-order valence-electron chi connectivity index (χ1n) is 12.1. The first-order chi connectivity index (χ1) is 16.3. The zero-order valence-corrected chi connectivity index (χ0v) is 18.9. The molecule has 3 aliphatic rings. The van der Waals surface area contributed by atoms with Gasteiger partial charge in [-0.1, -0.05) is 54.6 Å². The summed E-state index contributed by atoms with van der Waals surface area (Å²) in [6.07, 6.45) is 3.12. The maximum atomic E-state index is 13.5. The number of rotatable bonds is 4. The molecule has 0 N–H and O–H groups in total. The largest absolute Gasteiger partial charge is 0.378 e. The summed E-state index contributed by atoms with van der Waals surface area (Å²) in [4.78, 5) is 18.0. The fourth-order valence-electron chi connectivity index (χ4n) is 5.59. The molecule has 0 saturated carbocycles. The molecule has 0 atom stereocenters. The number of carbonyl (C=O) groups excluding carboxylic acids is 1. The maximum absolute atomic E-state index is 13.5. The zero-order valence-electron chi connectivity index (χ0n) is 18.9. The molecule has 1 saturated heterocycles. The van der Waals surface area contributed by atoms with Gasteiger partial charge in [0.25, 0.3) is 5.91 Å². The smallest absolute Gasteiger partial charge is 0.274 e. The highest BCUT2D eigenvalue weighted by Crippen LogP contribution is 2.31. The number of nitrogens with zero attached hydrogens (tertiary/aromatic N) is 4. The Labute approximate surface area is 194 Å². The van der Waals surface area contributed by atoms with Gasteiger partial charge < -0.3 is 9.64 Å². The van der Waals surface area contributed by atoms with Crippen molar-refractivity contribution >= 4 is 5.91 Å². The second-order valence-corrected chi connectivity index (χ2v) is 9.37. The van der Waals surface area contributed by atoms with Gasteiger partial charge in [-0.2, -0.15) is 5.10 Å². The van der Waals surface area contributed by atoms with E-state index >= 15 is 0 Å². The molecule has 0 radical (unpaired) electrons. The van der Waals surface area contributed by atoms with Crippen LogP contribution in [0.15, 0.2) is 54.6 Å². The van der Waals surface area contributed by atoms with Crippen LogP contribution in [0.5, 0.6) is 0 Å². The average molecular weight is 443 g/mol. The van der Waals surface area contributed by atoms with Crippen LogP contribution in [0.4, 0.5) is 0 Å². The lowest BCUT2D eigenvalue weighted by molar-refractivity contribution is 0.0296. The summed E-state index contributed by atoms with van der Waals surface area (Å²) < 4.78 is 7.55. The lowest BCUT2D eigenvalue weighted by Gasteiger charge is -2.33. The molecule has 1 fully saturated rings. The van der Waals surface area contributed by atoms with E-state index in [4.69, 9.17) is 9.84 Å². The fourth-order valence-corrected chi connectivity index (χ4v) is 5.59. The highest BCUT2D eigenvalue weighted by molar-refractivity contribution is 5.94. The Morgan fingerprint density at radius 1 is 0.939 bits per heavy atom. The van der Waals surface area contributed by atoms with Crippen molar-refractivity contribution < 1.29 is 9.53 Å². The zero-order chi connectivity index (χ0) is 22.2. The van der Waals surface area contributed by atoms with Gasteiger partial charge in [0, 0.05) is 49.9 Å². The van der Waals surface area contributed by atoms with Crippen molar-refractivity contribution in [3.8, 4) is 0 Å². The normalized spacial score (nSPS) is 18.8. The van der Waals surface area contributed by atoms with Gasteiger partial charge in [0.05, 0.1) is 19.8 Å². The van der Waals surface area contributed by atoms with Gasteiger partial charge in [-0.3, -0.25) is 14.4 Å². The minimum Gasteiger partial charge on any atom is -0.378 e. The molecule has 2 aliphatic heterocycles. The number of ether oxygens (including phenoxy) is 1. The predicted octanol–water partition coefficient (Wildman–Crippen LogP) is 2.93. The van der Waals surface area contributed by atoms with Gasteiger partial charge in [0.15, 0.2) is 5.69 Å². The van der Waals surface area contributed by atoms with Crippen LogP contribution in [0.2, 0.25) is 0 Å². The molecule has 1 aromatic heterocycles. The number of aromatic nitrogens is 2. The molecular weight excluding hydrogens is 412 g/mol. The number of amides is 1. The van der Waals surface area contributed by atoms with E-state index in [0.717, 1.165) is 37.9 Å². The number of fused-ring (bicyclic) bond motifs is 2. The van der Waals surface area contributed by atoms with Crippen molar-refractivity contribution in [2.24, 2.45) is 0 Å². The molecule has 0 bridgehead atoms. The predicted molar refractivity (Wildman–Crippen MR) is 126 cm³/mol. The highest BCUT2D eigenvalue weighted by Gasteiger charge is 2.35. The van der Waals surface area contributed by atoms with E-state index in [2.05, 4.69) is 58.1 Å². The summed E-state index contributed by atoms with van der Waals surface area (Å²) in [6.45, 7) is 5.00. The molecule has 6 rings (SSSR count). The first-order valence-corrected chi connectivity index (χ1v) is 12.1. The van der Waals surface area contributed by atoms with Crippen molar-refractivity contribution in [1.29, 1.82) is 0 Å². The van der Waals surface area contributed by atoms with Crippen LogP contribution in [0.25, 0.3) is 0 Å². The molecular formula is C27H30N4O2. The number of hydrogen-bond acceptors (Lipinski definition) is 4. The molecule has 0 spiro atoms. The molecule has 170 valence electrons. The molecule has 6 nitrogen and oxygen atoms in total. The second kappa shape index (κ2) is 8.76. The lowest BCUT2D eigenvalue weighted by Crippen LogP contribution is -2.43. The van der Waals surface area contributed by atoms with Crippen LogP contribution in [-0.2, 0) is 37.1 Å². The van der Waals surface area contributed by atoms with Gasteiger partial charge in [-0.05, 0) is 29.5 Å². The van der Waals surface area contributed by atoms with E-state index in [1.807, 2.05) is 11.0 Å². The summed E-state index contributed by atoms with van der Waals surface area (Å²) in [5.74, 6) is 0.0536. The molecule has 3 heterocycles. The summed E-state index contributed by atoms with van der Waals surface area (Å²) in [7, 11) is 0. The molecule has 0 unspecified atom stereocenters. The van der Waals surface area contributed by atoms with Crippen molar-refractivity contribution in [3.05, 3.63) is 88.2 Å². The van der Waals surface area contributed by atoms with Gasteiger partial charge in [-0.15, -0.1) is 0 Å². The second-order valence-electron chi connectivity index (χ2n) is 9.37. The number of hydrogen-bond donors (Lipinski definition) is 0.